The number of sulfonamides is 1. The number of nitrogens with one attached hydrogen (secondary N) is 1. The summed E-state index contributed by atoms with van der Waals surface area (Å²) in [7, 11) is -3.79. The van der Waals surface area contributed by atoms with Gasteiger partial charge in [-0.15, -0.1) is 0 Å². The van der Waals surface area contributed by atoms with Crippen LogP contribution in [0.5, 0.6) is 0 Å². The van der Waals surface area contributed by atoms with E-state index in [9.17, 15) is 13.2 Å². The van der Waals surface area contributed by atoms with Gasteiger partial charge in [-0.25, -0.2) is 8.42 Å². The fourth-order valence-electron chi connectivity index (χ4n) is 1.99. The largest absolute Gasteiger partial charge is 0.323 e. The second-order valence-electron chi connectivity index (χ2n) is 4.99. The molecule has 0 unspecified atom stereocenters. The third-order valence-electron chi connectivity index (χ3n) is 3.11. The van der Waals surface area contributed by atoms with Crippen molar-refractivity contribution in [2.75, 3.05) is 22.4 Å². The van der Waals surface area contributed by atoms with Crippen molar-refractivity contribution in [3.8, 4) is 0 Å². The van der Waals surface area contributed by atoms with Gasteiger partial charge in [0, 0.05) is 0 Å². The third kappa shape index (κ3) is 4.92. The zero-order chi connectivity index (χ0) is 18.8. The molecule has 0 atom stereocenters. The average molecular weight is 442 g/mol. The quantitative estimate of drug-likeness (QED) is 0.730. The zero-order valence-electron chi connectivity index (χ0n) is 12.8. The molecule has 5 nitrogen and oxygen atoms in total. The van der Waals surface area contributed by atoms with Crippen LogP contribution < -0.4 is 9.62 Å². The molecule has 0 aliphatic rings. The first-order chi connectivity index (χ1) is 11.6. The van der Waals surface area contributed by atoms with Gasteiger partial charge < -0.3 is 5.32 Å². The Morgan fingerprint density at radius 3 is 2.16 bits per heavy atom. The maximum atomic E-state index is 12.3. The molecule has 10 heteroatoms. The molecule has 0 aliphatic heterocycles. The lowest BCUT2D eigenvalue weighted by Crippen LogP contribution is -2.37. The van der Waals surface area contributed by atoms with Crippen molar-refractivity contribution in [1.82, 2.24) is 0 Å². The fraction of sp³-hybridized carbons (Fsp3) is 0.133. The van der Waals surface area contributed by atoms with E-state index >= 15 is 0 Å². The number of hydrogen-bond donors (Lipinski definition) is 1. The Labute approximate surface area is 165 Å². The molecule has 0 bridgehead atoms. The van der Waals surface area contributed by atoms with Gasteiger partial charge in [0.2, 0.25) is 15.9 Å². The minimum absolute atomic E-state index is 0.0307. The van der Waals surface area contributed by atoms with Crippen LogP contribution in [-0.2, 0) is 14.8 Å². The standard InChI is InChI=1S/C15H12Cl4N2O3S/c1-25(23,24)21(12-7-3-5-10(17)15(12)19)8-13(22)20-11-6-2-4-9(16)14(11)18/h2-7H,8H2,1H3,(H,20,22). The van der Waals surface area contributed by atoms with E-state index in [-0.39, 0.29) is 31.5 Å². The van der Waals surface area contributed by atoms with E-state index in [1.165, 1.54) is 18.2 Å². The Balaban J connectivity index is 2.31. The molecule has 0 fully saturated rings. The number of benzene rings is 2. The molecule has 0 saturated carbocycles. The Morgan fingerprint density at radius 1 is 1.00 bits per heavy atom. The van der Waals surface area contributed by atoms with Crippen LogP contribution in [0.1, 0.15) is 0 Å². The summed E-state index contributed by atoms with van der Waals surface area (Å²) in [6, 6.07) is 9.21. The van der Waals surface area contributed by atoms with E-state index in [2.05, 4.69) is 5.32 Å². The van der Waals surface area contributed by atoms with Crippen LogP contribution in [0.25, 0.3) is 0 Å². The van der Waals surface area contributed by atoms with Crippen molar-refractivity contribution >= 4 is 73.7 Å². The number of carbonyl (C=O) groups is 1. The summed E-state index contributed by atoms with van der Waals surface area (Å²) < 4.78 is 25.1. The Morgan fingerprint density at radius 2 is 1.56 bits per heavy atom. The van der Waals surface area contributed by atoms with Crippen LogP contribution in [-0.4, -0.2) is 27.1 Å². The predicted octanol–water partition coefficient (Wildman–Crippen LogP) is 4.70. The van der Waals surface area contributed by atoms with Crippen LogP contribution in [0.2, 0.25) is 20.1 Å². The molecule has 1 N–H and O–H groups in total. The highest BCUT2D eigenvalue weighted by atomic mass is 35.5. The SMILES string of the molecule is CS(=O)(=O)N(CC(=O)Nc1cccc(Cl)c1Cl)c1cccc(Cl)c1Cl. The molecule has 0 aromatic heterocycles. The van der Waals surface area contributed by atoms with Gasteiger partial charge in [0.1, 0.15) is 6.54 Å². The smallest absolute Gasteiger partial charge is 0.245 e. The van der Waals surface area contributed by atoms with Crippen LogP contribution in [0.3, 0.4) is 0 Å². The Bertz CT molecular complexity index is 919. The second-order valence-corrected chi connectivity index (χ2v) is 8.47. The molecule has 134 valence electrons. The van der Waals surface area contributed by atoms with Gasteiger partial charge in [-0.2, -0.15) is 0 Å². The maximum absolute atomic E-state index is 12.3. The molecule has 25 heavy (non-hydrogen) atoms. The van der Waals surface area contributed by atoms with Crippen LogP contribution in [0.15, 0.2) is 36.4 Å². The second kappa shape index (κ2) is 8.01. The van der Waals surface area contributed by atoms with Crippen molar-refractivity contribution in [2.24, 2.45) is 0 Å². The van der Waals surface area contributed by atoms with Gasteiger partial charge >= 0.3 is 0 Å². The minimum Gasteiger partial charge on any atom is -0.323 e. The predicted molar refractivity (Wildman–Crippen MR) is 104 cm³/mol. The summed E-state index contributed by atoms with van der Waals surface area (Å²) >= 11 is 23.9. The molecule has 0 heterocycles. The van der Waals surface area contributed by atoms with E-state index in [4.69, 9.17) is 46.4 Å². The molecule has 2 aromatic carbocycles. The van der Waals surface area contributed by atoms with E-state index in [0.717, 1.165) is 10.6 Å². The average Bonchev–Trinajstić information content (AvgIpc) is 2.51. The lowest BCUT2D eigenvalue weighted by Gasteiger charge is -2.23. The van der Waals surface area contributed by atoms with Crippen molar-refractivity contribution in [2.45, 2.75) is 0 Å². The molecule has 0 spiro atoms. The lowest BCUT2D eigenvalue weighted by molar-refractivity contribution is -0.114. The first-order valence-corrected chi connectivity index (χ1v) is 10.1. The highest BCUT2D eigenvalue weighted by Gasteiger charge is 2.24. The number of carbonyl (C=O) groups excluding carboxylic acids is 1. The molecular formula is C15H12Cl4N2O3S. The summed E-state index contributed by atoms with van der Waals surface area (Å²) in [6.07, 6.45) is 0.962. The van der Waals surface area contributed by atoms with Crippen molar-refractivity contribution in [3.63, 3.8) is 0 Å². The monoisotopic (exact) mass is 440 g/mol. The summed E-state index contributed by atoms with van der Waals surface area (Å²) in [4.78, 5) is 12.3. The first-order valence-electron chi connectivity index (χ1n) is 6.77. The molecule has 1 amide bonds. The lowest BCUT2D eigenvalue weighted by atomic mass is 10.3. The van der Waals surface area contributed by atoms with Crippen LogP contribution in [0, 0.1) is 0 Å². The fourth-order valence-corrected chi connectivity index (χ4v) is 3.64. The summed E-state index contributed by atoms with van der Waals surface area (Å²) in [5.41, 5.74) is 0.369. The number of nitrogens with zero attached hydrogens (tertiary/aromatic N) is 1. The van der Waals surface area contributed by atoms with Gasteiger partial charge in [-0.05, 0) is 24.3 Å². The molecule has 0 saturated heterocycles. The van der Waals surface area contributed by atoms with Crippen LogP contribution in [0.4, 0.5) is 11.4 Å². The maximum Gasteiger partial charge on any atom is 0.245 e. The normalized spacial score (nSPS) is 11.2. The highest BCUT2D eigenvalue weighted by Crippen LogP contribution is 2.34. The Hall–Kier alpha value is -1.18. The van der Waals surface area contributed by atoms with Gasteiger partial charge in [-0.1, -0.05) is 58.5 Å². The zero-order valence-corrected chi connectivity index (χ0v) is 16.6. The van der Waals surface area contributed by atoms with Gasteiger partial charge in [0.15, 0.2) is 0 Å². The summed E-state index contributed by atoms with van der Waals surface area (Å²) in [6.45, 7) is -0.512. The summed E-state index contributed by atoms with van der Waals surface area (Å²) in [5.74, 6) is -0.620. The van der Waals surface area contributed by atoms with E-state index in [1.54, 1.807) is 18.2 Å². The molecule has 0 radical (unpaired) electrons. The third-order valence-corrected chi connectivity index (χ3v) is 5.87. The molecule has 2 aromatic rings. The number of anilines is 2. The molecule has 0 aliphatic carbocycles. The van der Waals surface area contributed by atoms with E-state index in [0.29, 0.717) is 0 Å². The van der Waals surface area contributed by atoms with Crippen molar-refractivity contribution < 1.29 is 13.2 Å². The van der Waals surface area contributed by atoms with E-state index < -0.39 is 22.5 Å². The molecule has 2 rings (SSSR count). The number of amides is 1. The molecular weight excluding hydrogens is 430 g/mol. The van der Waals surface area contributed by atoms with Crippen molar-refractivity contribution in [3.05, 3.63) is 56.5 Å². The summed E-state index contributed by atoms with van der Waals surface area (Å²) in [5, 5.41) is 3.14. The minimum atomic E-state index is -3.79. The van der Waals surface area contributed by atoms with Gasteiger partial charge in [0.05, 0.1) is 37.7 Å². The van der Waals surface area contributed by atoms with E-state index in [1.807, 2.05) is 0 Å². The number of rotatable bonds is 5. The van der Waals surface area contributed by atoms with Gasteiger partial charge in [0.25, 0.3) is 0 Å². The topological polar surface area (TPSA) is 66.5 Å². The number of halogens is 4. The van der Waals surface area contributed by atoms with Crippen molar-refractivity contribution in [1.29, 1.82) is 0 Å². The Kier molecular flexibility index (Phi) is 6.45. The highest BCUT2D eigenvalue weighted by molar-refractivity contribution is 7.92. The van der Waals surface area contributed by atoms with Crippen LogP contribution >= 0.6 is 46.4 Å². The van der Waals surface area contributed by atoms with Gasteiger partial charge in [-0.3, -0.25) is 9.10 Å². The first kappa shape index (κ1) is 20.1. The number of hydrogen-bond acceptors (Lipinski definition) is 3.